The Labute approximate surface area is 66.3 Å². The zero-order valence-corrected chi connectivity index (χ0v) is 7.11. The summed E-state index contributed by atoms with van der Waals surface area (Å²) in [6.45, 7) is 5.24. The van der Waals surface area contributed by atoms with E-state index in [0.29, 0.717) is 25.3 Å². The van der Waals surface area contributed by atoms with E-state index in [9.17, 15) is 4.79 Å². The first kappa shape index (κ1) is 8.02. The van der Waals surface area contributed by atoms with E-state index < -0.39 is 0 Å². The lowest BCUT2D eigenvalue weighted by Gasteiger charge is -2.32. The predicted molar refractivity (Wildman–Crippen MR) is 40.8 cm³/mol. The SMILES string of the molecule is CC1(C)CN(Cl)CCC1=O. The number of carbonyl (C=O) groups is 1. The standard InChI is InChI=1S/C7H12ClNO/c1-7(2)5-9(8)4-3-6(7)10/h3-5H2,1-2H3. The number of hydrogen-bond donors (Lipinski definition) is 0. The van der Waals surface area contributed by atoms with Crippen molar-refractivity contribution in [1.29, 1.82) is 0 Å². The number of halogens is 1. The Kier molecular flexibility index (Phi) is 2.02. The summed E-state index contributed by atoms with van der Waals surface area (Å²) in [5.41, 5.74) is -0.236. The van der Waals surface area contributed by atoms with Gasteiger partial charge in [0, 0.05) is 24.9 Å². The zero-order valence-electron chi connectivity index (χ0n) is 6.35. The van der Waals surface area contributed by atoms with Crippen molar-refractivity contribution in [3.05, 3.63) is 0 Å². The van der Waals surface area contributed by atoms with Crippen LogP contribution in [0.1, 0.15) is 20.3 Å². The van der Waals surface area contributed by atoms with Gasteiger partial charge in [-0.25, -0.2) is 4.42 Å². The largest absolute Gasteiger partial charge is 0.299 e. The van der Waals surface area contributed by atoms with Gasteiger partial charge in [-0.3, -0.25) is 4.79 Å². The summed E-state index contributed by atoms with van der Waals surface area (Å²) >= 11 is 5.75. The minimum atomic E-state index is -0.236. The fourth-order valence-electron chi connectivity index (χ4n) is 1.16. The van der Waals surface area contributed by atoms with Crippen LogP contribution in [0.3, 0.4) is 0 Å². The second-order valence-corrected chi connectivity index (χ2v) is 3.88. The van der Waals surface area contributed by atoms with Crippen LogP contribution in [-0.4, -0.2) is 23.3 Å². The van der Waals surface area contributed by atoms with Crippen LogP contribution in [0.5, 0.6) is 0 Å². The molecule has 0 aliphatic carbocycles. The molecule has 1 fully saturated rings. The Morgan fingerprint density at radius 1 is 1.60 bits per heavy atom. The first-order valence-electron chi connectivity index (χ1n) is 3.46. The fourth-order valence-corrected chi connectivity index (χ4v) is 1.54. The van der Waals surface area contributed by atoms with E-state index in [2.05, 4.69) is 0 Å². The second-order valence-electron chi connectivity index (χ2n) is 3.40. The number of carbonyl (C=O) groups excluding carboxylic acids is 1. The van der Waals surface area contributed by atoms with E-state index in [1.807, 2.05) is 13.8 Å². The summed E-state index contributed by atoms with van der Waals surface area (Å²) in [5, 5.41) is 0. The molecule has 0 saturated carbocycles. The van der Waals surface area contributed by atoms with Gasteiger partial charge < -0.3 is 0 Å². The van der Waals surface area contributed by atoms with Crippen LogP contribution in [0.4, 0.5) is 0 Å². The van der Waals surface area contributed by atoms with E-state index in [-0.39, 0.29) is 5.41 Å². The number of nitrogens with zero attached hydrogens (tertiary/aromatic N) is 1. The van der Waals surface area contributed by atoms with Crippen molar-refractivity contribution in [2.24, 2.45) is 5.41 Å². The van der Waals surface area contributed by atoms with Gasteiger partial charge in [0.15, 0.2) is 0 Å². The van der Waals surface area contributed by atoms with Gasteiger partial charge in [-0.05, 0) is 11.8 Å². The van der Waals surface area contributed by atoms with Gasteiger partial charge in [0.25, 0.3) is 0 Å². The molecule has 2 nitrogen and oxygen atoms in total. The summed E-state index contributed by atoms with van der Waals surface area (Å²) in [4.78, 5) is 11.2. The van der Waals surface area contributed by atoms with Gasteiger partial charge in [-0.2, -0.15) is 0 Å². The molecule has 1 rings (SSSR count). The van der Waals surface area contributed by atoms with Gasteiger partial charge >= 0.3 is 0 Å². The molecule has 0 N–H and O–H groups in total. The van der Waals surface area contributed by atoms with Crippen LogP contribution in [0.2, 0.25) is 0 Å². The minimum Gasteiger partial charge on any atom is -0.299 e. The van der Waals surface area contributed by atoms with Gasteiger partial charge in [-0.1, -0.05) is 13.8 Å². The smallest absolute Gasteiger partial charge is 0.141 e. The van der Waals surface area contributed by atoms with Crippen molar-refractivity contribution in [2.75, 3.05) is 13.1 Å². The molecule has 0 radical (unpaired) electrons. The number of hydrogen-bond acceptors (Lipinski definition) is 2. The maximum atomic E-state index is 11.2. The lowest BCUT2D eigenvalue weighted by Crippen LogP contribution is -2.41. The first-order chi connectivity index (χ1) is 4.52. The van der Waals surface area contributed by atoms with E-state index >= 15 is 0 Å². The lowest BCUT2D eigenvalue weighted by molar-refractivity contribution is -0.129. The Morgan fingerprint density at radius 3 is 2.60 bits per heavy atom. The quantitative estimate of drug-likeness (QED) is 0.501. The number of ketones is 1. The monoisotopic (exact) mass is 161 g/mol. The summed E-state index contributed by atoms with van der Waals surface area (Å²) < 4.78 is 1.68. The van der Waals surface area contributed by atoms with Crippen LogP contribution < -0.4 is 0 Å². The highest BCUT2D eigenvalue weighted by Gasteiger charge is 2.33. The van der Waals surface area contributed by atoms with Crippen molar-refractivity contribution >= 4 is 17.6 Å². The fraction of sp³-hybridized carbons (Fsp3) is 0.857. The predicted octanol–water partition coefficient (Wildman–Crippen LogP) is 1.44. The molecule has 10 heavy (non-hydrogen) atoms. The summed E-state index contributed by atoms with van der Waals surface area (Å²) in [6, 6.07) is 0. The van der Waals surface area contributed by atoms with Gasteiger partial charge in [0.05, 0.1) is 0 Å². The van der Waals surface area contributed by atoms with E-state index in [0.717, 1.165) is 0 Å². The van der Waals surface area contributed by atoms with Crippen molar-refractivity contribution in [2.45, 2.75) is 20.3 Å². The lowest BCUT2D eigenvalue weighted by atomic mass is 9.84. The molecule has 0 bridgehead atoms. The Morgan fingerprint density at radius 2 is 2.20 bits per heavy atom. The summed E-state index contributed by atoms with van der Waals surface area (Å²) in [6.07, 6.45) is 0.594. The second kappa shape index (κ2) is 2.51. The third kappa shape index (κ3) is 1.50. The molecule has 0 spiro atoms. The average molecular weight is 162 g/mol. The highest BCUT2D eigenvalue weighted by molar-refractivity contribution is 6.14. The van der Waals surface area contributed by atoms with Crippen LogP contribution in [0.25, 0.3) is 0 Å². The topological polar surface area (TPSA) is 20.3 Å². The maximum absolute atomic E-state index is 11.2. The van der Waals surface area contributed by atoms with Gasteiger partial charge in [0.1, 0.15) is 5.78 Å². The molecule has 1 heterocycles. The number of piperidine rings is 1. The third-order valence-corrected chi connectivity index (χ3v) is 2.19. The van der Waals surface area contributed by atoms with Crippen LogP contribution in [-0.2, 0) is 4.79 Å². The summed E-state index contributed by atoms with van der Waals surface area (Å²) in [5.74, 6) is 0.324. The molecular weight excluding hydrogens is 150 g/mol. The van der Waals surface area contributed by atoms with Gasteiger partial charge in [0.2, 0.25) is 0 Å². The van der Waals surface area contributed by atoms with Gasteiger partial charge in [-0.15, -0.1) is 0 Å². The molecule has 0 amide bonds. The van der Waals surface area contributed by atoms with Crippen molar-refractivity contribution in [3.8, 4) is 0 Å². The molecule has 0 aromatic rings. The average Bonchev–Trinajstić information content (AvgIpc) is 1.78. The number of rotatable bonds is 0. The van der Waals surface area contributed by atoms with E-state index in [1.54, 1.807) is 4.42 Å². The molecule has 58 valence electrons. The zero-order chi connectivity index (χ0) is 7.78. The Bertz CT molecular complexity index is 156. The van der Waals surface area contributed by atoms with Crippen LogP contribution >= 0.6 is 11.8 Å². The molecular formula is C7H12ClNO. The van der Waals surface area contributed by atoms with Crippen molar-refractivity contribution in [3.63, 3.8) is 0 Å². The molecule has 1 saturated heterocycles. The molecule has 1 aliphatic heterocycles. The Balaban J connectivity index is 2.63. The molecule has 0 aromatic carbocycles. The minimum absolute atomic E-state index is 0.236. The highest BCUT2D eigenvalue weighted by Crippen LogP contribution is 2.25. The first-order valence-corrected chi connectivity index (χ1v) is 3.80. The molecule has 0 unspecified atom stereocenters. The molecule has 0 aromatic heterocycles. The summed E-state index contributed by atoms with van der Waals surface area (Å²) in [7, 11) is 0. The molecule has 1 aliphatic rings. The normalized spacial score (nSPS) is 26.9. The maximum Gasteiger partial charge on any atom is 0.141 e. The van der Waals surface area contributed by atoms with Crippen LogP contribution in [0.15, 0.2) is 0 Å². The highest BCUT2D eigenvalue weighted by atomic mass is 35.5. The third-order valence-electron chi connectivity index (χ3n) is 1.90. The molecule has 0 atom stereocenters. The van der Waals surface area contributed by atoms with Crippen molar-refractivity contribution in [1.82, 2.24) is 4.42 Å². The van der Waals surface area contributed by atoms with E-state index in [1.165, 1.54) is 0 Å². The van der Waals surface area contributed by atoms with Crippen LogP contribution in [0, 0.1) is 5.41 Å². The molecule has 3 heteroatoms. The Hall–Kier alpha value is -0.0800. The van der Waals surface area contributed by atoms with Crippen molar-refractivity contribution < 1.29 is 4.79 Å². The number of Topliss-reactive ketones (excluding diaryl/α,β-unsaturated/α-hetero) is 1. The van der Waals surface area contributed by atoms with E-state index in [4.69, 9.17) is 11.8 Å².